The van der Waals surface area contributed by atoms with Crippen LogP contribution < -0.4 is 11.1 Å². The zero-order valence-electron chi connectivity index (χ0n) is 13.0. The Morgan fingerprint density at radius 2 is 1.87 bits per heavy atom. The third-order valence-corrected chi connectivity index (χ3v) is 3.24. The maximum atomic E-state index is 12.5. The summed E-state index contributed by atoms with van der Waals surface area (Å²) in [5.41, 5.74) is 5.48. The number of rotatable bonds is 7. The molecule has 0 saturated heterocycles. The van der Waals surface area contributed by atoms with E-state index in [4.69, 9.17) is 10.5 Å². The summed E-state index contributed by atoms with van der Waals surface area (Å²) >= 11 is 0. The molecule has 4 nitrogen and oxygen atoms in total. The smallest absolute Gasteiger partial charge is 0.380 e. The Morgan fingerprint density at radius 1 is 1.30 bits per heavy atom. The summed E-state index contributed by atoms with van der Waals surface area (Å²) in [6, 6.07) is 4.73. The minimum Gasteiger partial charge on any atom is -0.380 e. The average Bonchev–Trinajstić information content (AvgIpc) is 2.44. The number of ether oxygens (including phenoxy) is 1. The van der Waals surface area contributed by atoms with Crippen LogP contribution >= 0.6 is 12.4 Å². The molecule has 3 N–H and O–H groups in total. The SMILES string of the molecule is COC(CN)CC(=O)NC(C)Cc1ccc(C(F)(F)F)cc1.Cl. The Hall–Kier alpha value is -1.31. The van der Waals surface area contributed by atoms with Gasteiger partial charge in [-0.3, -0.25) is 4.79 Å². The molecule has 1 aromatic rings. The average molecular weight is 355 g/mol. The molecule has 2 atom stereocenters. The van der Waals surface area contributed by atoms with Gasteiger partial charge in [0, 0.05) is 19.7 Å². The number of alkyl halides is 3. The van der Waals surface area contributed by atoms with Crippen molar-refractivity contribution in [1.29, 1.82) is 0 Å². The molecule has 132 valence electrons. The number of nitrogens with two attached hydrogens (primary N) is 1. The lowest BCUT2D eigenvalue weighted by atomic mass is 10.0. The fourth-order valence-electron chi connectivity index (χ4n) is 2.04. The van der Waals surface area contributed by atoms with Crippen molar-refractivity contribution < 1.29 is 22.7 Å². The van der Waals surface area contributed by atoms with Gasteiger partial charge in [-0.05, 0) is 31.0 Å². The number of carbonyl (C=O) groups is 1. The van der Waals surface area contributed by atoms with Gasteiger partial charge in [0.25, 0.3) is 0 Å². The largest absolute Gasteiger partial charge is 0.416 e. The van der Waals surface area contributed by atoms with Crippen molar-refractivity contribution in [2.75, 3.05) is 13.7 Å². The molecule has 0 fully saturated rings. The van der Waals surface area contributed by atoms with Crippen LogP contribution in [0.5, 0.6) is 0 Å². The van der Waals surface area contributed by atoms with E-state index in [1.165, 1.54) is 19.2 Å². The summed E-state index contributed by atoms with van der Waals surface area (Å²) in [6.07, 6.45) is -4.07. The first-order valence-corrected chi connectivity index (χ1v) is 6.94. The Labute approximate surface area is 140 Å². The number of amides is 1. The lowest BCUT2D eigenvalue weighted by molar-refractivity contribution is -0.137. The standard InChI is InChI=1S/C15H21F3N2O2.ClH/c1-10(20-14(21)8-13(9-19)22-2)7-11-3-5-12(6-4-11)15(16,17)18;/h3-6,10,13H,7-9,19H2,1-2H3,(H,20,21);1H. The van der Waals surface area contributed by atoms with E-state index >= 15 is 0 Å². The van der Waals surface area contributed by atoms with Crippen molar-refractivity contribution in [3.05, 3.63) is 35.4 Å². The molecular weight excluding hydrogens is 333 g/mol. The van der Waals surface area contributed by atoms with Crippen LogP contribution in [-0.2, 0) is 22.1 Å². The summed E-state index contributed by atoms with van der Waals surface area (Å²) in [4.78, 5) is 11.8. The second-order valence-electron chi connectivity index (χ2n) is 5.16. The molecule has 0 aliphatic rings. The lowest BCUT2D eigenvalue weighted by Crippen LogP contribution is -2.38. The van der Waals surface area contributed by atoms with Gasteiger partial charge in [-0.2, -0.15) is 13.2 Å². The molecule has 0 spiro atoms. The first kappa shape index (κ1) is 21.7. The zero-order chi connectivity index (χ0) is 16.8. The van der Waals surface area contributed by atoms with E-state index in [0.29, 0.717) is 6.42 Å². The molecule has 0 saturated carbocycles. The second kappa shape index (κ2) is 9.75. The van der Waals surface area contributed by atoms with Gasteiger partial charge in [-0.1, -0.05) is 12.1 Å². The molecule has 1 amide bonds. The van der Waals surface area contributed by atoms with Crippen LogP contribution in [0.2, 0.25) is 0 Å². The highest BCUT2D eigenvalue weighted by Crippen LogP contribution is 2.29. The number of nitrogens with one attached hydrogen (secondary N) is 1. The molecule has 2 unspecified atom stereocenters. The normalized spacial score (nSPS) is 13.8. The zero-order valence-corrected chi connectivity index (χ0v) is 13.8. The molecule has 1 rings (SSSR count). The van der Waals surface area contributed by atoms with Gasteiger partial charge in [0.1, 0.15) is 0 Å². The van der Waals surface area contributed by atoms with Crippen molar-refractivity contribution in [3.8, 4) is 0 Å². The fourth-order valence-corrected chi connectivity index (χ4v) is 2.04. The van der Waals surface area contributed by atoms with Crippen LogP contribution in [0.3, 0.4) is 0 Å². The topological polar surface area (TPSA) is 64.3 Å². The minimum atomic E-state index is -4.34. The molecule has 0 bridgehead atoms. The van der Waals surface area contributed by atoms with E-state index in [1.54, 1.807) is 6.92 Å². The van der Waals surface area contributed by atoms with E-state index < -0.39 is 11.7 Å². The van der Waals surface area contributed by atoms with E-state index in [2.05, 4.69) is 5.32 Å². The Kier molecular flexibility index (Phi) is 9.19. The van der Waals surface area contributed by atoms with Gasteiger partial charge in [0.2, 0.25) is 5.91 Å². The summed E-state index contributed by atoms with van der Waals surface area (Å²) in [6.45, 7) is 2.04. The van der Waals surface area contributed by atoms with Gasteiger partial charge in [-0.25, -0.2) is 0 Å². The van der Waals surface area contributed by atoms with E-state index in [1.807, 2.05) is 0 Å². The van der Waals surface area contributed by atoms with Crippen molar-refractivity contribution in [2.45, 2.75) is 38.1 Å². The predicted octanol–water partition coefficient (Wildman–Crippen LogP) is 2.54. The molecule has 0 aliphatic carbocycles. The molecule has 0 heterocycles. The highest BCUT2D eigenvalue weighted by atomic mass is 35.5. The first-order chi connectivity index (χ1) is 10.3. The maximum absolute atomic E-state index is 12.5. The summed E-state index contributed by atoms with van der Waals surface area (Å²) < 4.78 is 42.4. The van der Waals surface area contributed by atoms with Crippen molar-refractivity contribution in [3.63, 3.8) is 0 Å². The van der Waals surface area contributed by atoms with Crippen LogP contribution in [0.15, 0.2) is 24.3 Å². The quantitative estimate of drug-likeness (QED) is 0.791. The highest BCUT2D eigenvalue weighted by molar-refractivity contribution is 5.85. The molecule has 1 aromatic carbocycles. The Morgan fingerprint density at radius 3 is 2.30 bits per heavy atom. The number of hydrogen-bond donors (Lipinski definition) is 2. The Bertz CT molecular complexity index is 477. The third kappa shape index (κ3) is 7.67. The van der Waals surface area contributed by atoms with Gasteiger partial charge >= 0.3 is 6.18 Å². The van der Waals surface area contributed by atoms with Gasteiger partial charge in [0.15, 0.2) is 0 Å². The highest BCUT2D eigenvalue weighted by Gasteiger charge is 2.29. The van der Waals surface area contributed by atoms with E-state index in [9.17, 15) is 18.0 Å². The van der Waals surface area contributed by atoms with Crippen molar-refractivity contribution in [2.24, 2.45) is 5.73 Å². The number of halogens is 4. The van der Waals surface area contributed by atoms with Crippen LogP contribution in [0.25, 0.3) is 0 Å². The predicted molar refractivity (Wildman–Crippen MR) is 84.5 cm³/mol. The molecule has 0 aliphatic heterocycles. The van der Waals surface area contributed by atoms with Gasteiger partial charge < -0.3 is 15.8 Å². The van der Waals surface area contributed by atoms with E-state index in [0.717, 1.165) is 17.7 Å². The van der Waals surface area contributed by atoms with Crippen LogP contribution in [0.1, 0.15) is 24.5 Å². The van der Waals surface area contributed by atoms with Crippen molar-refractivity contribution in [1.82, 2.24) is 5.32 Å². The van der Waals surface area contributed by atoms with Crippen LogP contribution in [-0.4, -0.2) is 31.7 Å². The number of methoxy groups -OCH3 is 1. The van der Waals surface area contributed by atoms with Crippen LogP contribution in [0, 0.1) is 0 Å². The van der Waals surface area contributed by atoms with Crippen LogP contribution in [0.4, 0.5) is 13.2 Å². The monoisotopic (exact) mass is 354 g/mol. The summed E-state index contributed by atoms with van der Waals surface area (Å²) in [7, 11) is 1.48. The first-order valence-electron chi connectivity index (χ1n) is 6.94. The number of carbonyl (C=O) groups excluding carboxylic acids is 1. The summed E-state index contributed by atoms with van der Waals surface area (Å²) in [5.74, 6) is -0.197. The molecule has 0 radical (unpaired) electrons. The maximum Gasteiger partial charge on any atom is 0.416 e. The van der Waals surface area contributed by atoms with Gasteiger partial charge in [0.05, 0.1) is 18.1 Å². The molecule has 23 heavy (non-hydrogen) atoms. The number of benzene rings is 1. The molecule has 8 heteroatoms. The van der Waals surface area contributed by atoms with E-state index in [-0.39, 0.29) is 43.4 Å². The molecule has 0 aromatic heterocycles. The minimum absolute atomic E-state index is 0. The number of hydrogen-bond acceptors (Lipinski definition) is 3. The second-order valence-corrected chi connectivity index (χ2v) is 5.16. The van der Waals surface area contributed by atoms with Gasteiger partial charge in [-0.15, -0.1) is 12.4 Å². The van der Waals surface area contributed by atoms with Crippen molar-refractivity contribution >= 4 is 18.3 Å². The lowest BCUT2D eigenvalue weighted by Gasteiger charge is -2.17. The third-order valence-electron chi connectivity index (χ3n) is 3.24. The molecular formula is C15H22ClF3N2O2. The summed E-state index contributed by atoms with van der Waals surface area (Å²) in [5, 5.41) is 2.78. The Balaban J connectivity index is 0.00000484. The fraction of sp³-hybridized carbons (Fsp3) is 0.533.